The lowest BCUT2D eigenvalue weighted by atomic mass is 10.0. The Labute approximate surface area is 126 Å². The highest BCUT2D eigenvalue weighted by molar-refractivity contribution is 5.89. The molecular formula is C16H25N3O2. The lowest BCUT2D eigenvalue weighted by Crippen LogP contribution is -2.39. The maximum atomic E-state index is 12.7. The molecule has 116 valence electrons. The van der Waals surface area contributed by atoms with Crippen molar-refractivity contribution >= 4 is 11.8 Å². The van der Waals surface area contributed by atoms with Crippen LogP contribution in [0.4, 0.5) is 0 Å². The normalized spacial score (nSPS) is 36.8. The van der Waals surface area contributed by atoms with Gasteiger partial charge in [-0.2, -0.15) is 0 Å². The quantitative estimate of drug-likeness (QED) is 0.804. The van der Waals surface area contributed by atoms with Crippen molar-refractivity contribution in [3.63, 3.8) is 0 Å². The van der Waals surface area contributed by atoms with Gasteiger partial charge in [0.2, 0.25) is 11.8 Å². The summed E-state index contributed by atoms with van der Waals surface area (Å²) in [5, 5.41) is 3.40. The van der Waals surface area contributed by atoms with Crippen LogP contribution in [0.3, 0.4) is 0 Å². The van der Waals surface area contributed by atoms with Crippen LogP contribution in [0.15, 0.2) is 0 Å². The molecule has 2 amide bonds. The van der Waals surface area contributed by atoms with Crippen molar-refractivity contribution in [1.82, 2.24) is 15.1 Å². The van der Waals surface area contributed by atoms with Crippen molar-refractivity contribution in [1.29, 1.82) is 0 Å². The number of amides is 2. The van der Waals surface area contributed by atoms with Crippen LogP contribution in [0, 0.1) is 17.8 Å². The van der Waals surface area contributed by atoms with Crippen LogP contribution in [0.5, 0.6) is 0 Å². The molecule has 4 fully saturated rings. The fourth-order valence-electron chi connectivity index (χ4n) is 4.76. The number of hydrogen-bond acceptors (Lipinski definition) is 3. The molecule has 3 aliphatic heterocycles. The second-order valence-corrected chi connectivity index (χ2v) is 7.31. The second-order valence-electron chi connectivity index (χ2n) is 7.31. The van der Waals surface area contributed by atoms with Crippen LogP contribution in [0.2, 0.25) is 0 Å². The third-order valence-corrected chi connectivity index (χ3v) is 5.97. The highest BCUT2D eigenvalue weighted by Gasteiger charge is 2.44. The van der Waals surface area contributed by atoms with E-state index in [4.69, 9.17) is 0 Å². The van der Waals surface area contributed by atoms with Crippen molar-refractivity contribution in [2.24, 2.45) is 17.8 Å². The largest absolute Gasteiger partial charge is 0.342 e. The van der Waals surface area contributed by atoms with Crippen LogP contribution in [0.25, 0.3) is 0 Å². The number of carbonyl (C=O) groups is 2. The molecule has 3 saturated heterocycles. The molecule has 4 aliphatic rings. The molecule has 3 atom stereocenters. The zero-order chi connectivity index (χ0) is 14.4. The van der Waals surface area contributed by atoms with E-state index in [0.717, 1.165) is 39.0 Å². The Morgan fingerprint density at radius 3 is 2.38 bits per heavy atom. The summed E-state index contributed by atoms with van der Waals surface area (Å²) in [4.78, 5) is 29.0. The van der Waals surface area contributed by atoms with E-state index in [2.05, 4.69) is 5.32 Å². The molecule has 0 radical (unpaired) electrons. The van der Waals surface area contributed by atoms with Gasteiger partial charge in [-0.3, -0.25) is 9.59 Å². The van der Waals surface area contributed by atoms with Gasteiger partial charge in [0.25, 0.3) is 0 Å². The molecule has 1 saturated carbocycles. The molecule has 0 aromatic heterocycles. The van der Waals surface area contributed by atoms with E-state index in [1.807, 2.05) is 9.80 Å². The minimum Gasteiger partial charge on any atom is -0.342 e. The molecule has 0 spiro atoms. The number of carbonyl (C=O) groups excluding carboxylic acids is 2. The minimum absolute atomic E-state index is 0.0788. The van der Waals surface area contributed by atoms with Gasteiger partial charge in [0.15, 0.2) is 0 Å². The van der Waals surface area contributed by atoms with Gasteiger partial charge in [-0.25, -0.2) is 0 Å². The molecule has 0 aromatic rings. The van der Waals surface area contributed by atoms with Crippen LogP contribution in [-0.4, -0.2) is 60.4 Å². The molecule has 3 heterocycles. The van der Waals surface area contributed by atoms with Crippen molar-refractivity contribution in [3.8, 4) is 0 Å². The van der Waals surface area contributed by atoms with E-state index < -0.39 is 0 Å². The zero-order valence-electron chi connectivity index (χ0n) is 12.6. The van der Waals surface area contributed by atoms with Gasteiger partial charge in [-0.15, -0.1) is 0 Å². The predicted octanol–water partition coefficient (Wildman–Crippen LogP) is 0.455. The Balaban J connectivity index is 1.38. The summed E-state index contributed by atoms with van der Waals surface area (Å²) in [6, 6.07) is 0.414. The van der Waals surface area contributed by atoms with Crippen molar-refractivity contribution in [3.05, 3.63) is 0 Å². The fraction of sp³-hybridized carbons (Fsp3) is 0.875. The number of fused-ring (bicyclic) bond motifs is 1. The van der Waals surface area contributed by atoms with E-state index in [-0.39, 0.29) is 17.7 Å². The lowest BCUT2D eigenvalue weighted by Gasteiger charge is -2.25. The molecule has 4 rings (SSSR count). The molecule has 5 nitrogen and oxygen atoms in total. The highest BCUT2D eigenvalue weighted by atomic mass is 16.2. The first-order valence-electron chi connectivity index (χ1n) is 8.51. The topological polar surface area (TPSA) is 52.7 Å². The number of rotatable bonds is 2. The van der Waals surface area contributed by atoms with Gasteiger partial charge in [0.1, 0.15) is 0 Å². The summed E-state index contributed by atoms with van der Waals surface area (Å²) in [7, 11) is 0. The molecule has 0 bridgehead atoms. The molecule has 0 aromatic carbocycles. The van der Waals surface area contributed by atoms with E-state index in [1.54, 1.807) is 0 Å². The van der Waals surface area contributed by atoms with Gasteiger partial charge in [0.05, 0.1) is 5.92 Å². The zero-order valence-corrected chi connectivity index (χ0v) is 12.6. The Bertz CT molecular complexity index is 435. The van der Waals surface area contributed by atoms with Gasteiger partial charge in [-0.1, -0.05) is 12.8 Å². The Morgan fingerprint density at radius 2 is 1.71 bits per heavy atom. The Kier molecular flexibility index (Phi) is 3.40. The van der Waals surface area contributed by atoms with Crippen LogP contribution in [-0.2, 0) is 9.59 Å². The summed E-state index contributed by atoms with van der Waals surface area (Å²) < 4.78 is 0. The number of hydrogen-bond donors (Lipinski definition) is 1. The van der Waals surface area contributed by atoms with Crippen LogP contribution in [0.1, 0.15) is 32.1 Å². The molecule has 5 heteroatoms. The molecule has 1 N–H and O–H groups in total. The molecule has 1 unspecified atom stereocenters. The summed E-state index contributed by atoms with van der Waals surface area (Å²) in [6.45, 7) is 4.56. The number of nitrogens with one attached hydrogen (secondary N) is 1. The van der Waals surface area contributed by atoms with Gasteiger partial charge in [0, 0.05) is 45.2 Å². The molecule has 21 heavy (non-hydrogen) atoms. The fourth-order valence-corrected chi connectivity index (χ4v) is 4.76. The summed E-state index contributed by atoms with van der Waals surface area (Å²) in [5.41, 5.74) is 0. The van der Waals surface area contributed by atoms with Crippen LogP contribution < -0.4 is 5.32 Å². The van der Waals surface area contributed by atoms with Gasteiger partial charge in [-0.05, 0) is 24.7 Å². The predicted molar refractivity (Wildman–Crippen MR) is 78.5 cm³/mol. The summed E-state index contributed by atoms with van der Waals surface area (Å²) in [6.07, 6.45) is 5.17. The van der Waals surface area contributed by atoms with Crippen molar-refractivity contribution in [2.45, 2.75) is 38.1 Å². The van der Waals surface area contributed by atoms with E-state index in [0.29, 0.717) is 30.8 Å². The Morgan fingerprint density at radius 1 is 1.05 bits per heavy atom. The van der Waals surface area contributed by atoms with Crippen molar-refractivity contribution < 1.29 is 9.59 Å². The van der Waals surface area contributed by atoms with Crippen molar-refractivity contribution in [2.75, 3.05) is 32.7 Å². The average Bonchev–Trinajstić information content (AvgIpc) is 3.20. The van der Waals surface area contributed by atoms with E-state index in [1.165, 1.54) is 12.8 Å². The number of likely N-dealkylation sites (tertiary alicyclic amines) is 2. The SMILES string of the molecule is O=C(C1CC(=O)N(C2CCCC2)C1)N1C[C@H]2CNC[C@H]2C1. The minimum atomic E-state index is -0.0788. The monoisotopic (exact) mass is 291 g/mol. The third-order valence-electron chi connectivity index (χ3n) is 5.97. The van der Waals surface area contributed by atoms with E-state index >= 15 is 0 Å². The first-order valence-corrected chi connectivity index (χ1v) is 8.51. The molecule has 1 aliphatic carbocycles. The first-order chi connectivity index (χ1) is 10.2. The average molecular weight is 291 g/mol. The van der Waals surface area contributed by atoms with Gasteiger partial charge < -0.3 is 15.1 Å². The first kappa shape index (κ1) is 13.6. The highest BCUT2D eigenvalue weighted by Crippen LogP contribution is 2.32. The standard InChI is InChI=1S/C16H25N3O2/c20-15-5-11(10-19(15)14-3-1-2-4-14)16(21)18-8-12-6-17-7-13(12)9-18/h11-14,17H,1-10H2/t11?,12-,13+. The third kappa shape index (κ3) is 2.35. The van der Waals surface area contributed by atoms with Crippen LogP contribution >= 0.6 is 0 Å². The molecular weight excluding hydrogens is 266 g/mol. The smallest absolute Gasteiger partial charge is 0.228 e. The maximum Gasteiger partial charge on any atom is 0.228 e. The summed E-state index contributed by atoms with van der Waals surface area (Å²) >= 11 is 0. The Hall–Kier alpha value is -1.10. The summed E-state index contributed by atoms with van der Waals surface area (Å²) in [5.74, 6) is 1.64. The van der Waals surface area contributed by atoms with E-state index in [9.17, 15) is 9.59 Å². The second kappa shape index (κ2) is 5.27. The maximum absolute atomic E-state index is 12.7. The lowest BCUT2D eigenvalue weighted by molar-refractivity contribution is -0.135. The number of nitrogens with zero attached hydrogens (tertiary/aromatic N) is 2. The van der Waals surface area contributed by atoms with Gasteiger partial charge >= 0.3 is 0 Å².